The van der Waals surface area contributed by atoms with Gasteiger partial charge in [-0.1, -0.05) is 32.0 Å². The van der Waals surface area contributed by atoms with Gasteiger partial charge in [0.1, 0.15) is 5.75 Å². The molecule has 0 saturated heterocycles. The predicted octanol–water partition coefficient (Wildman–Crippen LogP) is 3.73. The molecular formula is C24H36N4O2. The van der Waals surface area contributed by atoms with E-state index in [0.29, 0.717) is 12.5 Å². The van der Waals surface area contributed by atoms with E-state index in [4.69, 9.17) is 4.74 Å². The van der Waals surface area contributed by atoms with E-state index in [2.05, 4.69) is 54.6 Å². The maximum atomic E-state index is 11.7. The van der Waals surface area contributed by atoms with Crippen LogP contribution >= 0.6 is 0 Å². The van der Waals surface area contributed by atoms with Crippen LogP contribution in [0.5, 0.6) is 5.75 Å². The van der Waals surface area contributed by atoms with Gasteiger partial charge < -0.3 is 19.9 Å². The number of aromatic nitrogens is 1. The molecule has 6 heteroatoms. The van der Waals surface area contributed by atoms with Crippen molar-refractivity contribution < 1.29 is 4.74 Å². The molecule has 0 bridgehead atoms. The molecule has 1 aromatic carbocycles. The number of benzene rings is 1. The lowest BCUT2D eigenvalue weighted by molar-refractivity contribution is 0.286. The molecule has 164 valence electrons. The van der Waals surface area contributed by atoms with Crippen molar-refractivity contribution in [1.82, 2.24) is 15.2 Å². The van der Waals surface area contributed by atoms with Crippen LogP contribution in [0.3, 0.4) is 0 Å². The average Bonchev–Trinajstić information content (AvgIpc) is 2.72. The Morgan fingerprint density at radius 3 is 2.73 bits per heavy atom. The van der Waals surface area contributed by atoms with Gasteiger partial charge in [-0.3, -0.25) is 9.79 Å². The van der Waals surface area contributed by atoms with Crippen LogP contribution in [0.15, 0.2) is 52.4 Å². The fourth-order valence-corrected chi connectivity index (χ4v) is 3.01. The van der Waals surface area contributed by atoms with Gasteiger partial charge in [-0.2, -0.15) is 0 Å². The minimum Gasteiger partial charge on any atom is -0.493 e. The van der Waals surface area contributed by atoms with Gasteiger partial charge in [0.2, 0.25) is 5.56 Å². The van der Waals surface area contributed by atoms with E-state index in [9.17, 15) is 4.79 Å². The Kier molecular flexibility index (Phi) is 9.98. The molecule has 2 aromatic rings. The Labute approximate surface area is 180 Å². The first kappa shape index (κ1) is 23.5. The van der Waals surface area contributed by atoms with E-state index in [1.807, 2.05) is 12.3 Å². The smallest absolute Gasteiger partial charge is 0.250 e. The number of nitrogens with one attached hydrogen (secondary N) is 2. The highest BCUT2D eigenvalue weighted by Crippen LogP contribution is 2.21. The number of rotatable bonds is 11. The number of ether oxygens (including phenoxy) is 1. The van der Waals surface area contributed by atoms with Crippen LogP contribution < -0.4 is 20.9 Å². The quantitative estimate of drug-likeness (QED) is 0.335. The summed E-state index contributed by atoms with van der Waals surface area (Å²) in [6.45, 7) is 9.39. The lowest BCUT2D eigenvalue weighted by Crippen LogP contribution is -2.37. The summed E-state index contributed by atoms with van der Waals surface area (Å²) in [5.74, 6) is 2.33. The number of hydrogen-bond donors (Lipinski definition) is 2. The largest absolute Gasteiger partial charge is 0.493 e. The molecule has 0 amide bonds. The Morgan fingerprint density at radius 1 is 1.17 bits per heavy atom. The Bertz CT molecular complexity index is 858. The molecule has 0 unspecified atom stereocenters. The Morgan fingerprint density at radius 2 is 2.00 bits per heavy atom. The molecule has 2 rings (SSSR count). The fourth-order valence-electron chi connectivity index (χ4n) is 3.01. The number of aliphatic imine (C=N–C) groups is 1. The summed E-state index contributed by atoms with van der Waals surface area (Å²) in [5, 5.41) is 6.71. The van der Waals surface area contributed by atoms with Crippen LogP contribution in [0.4, 0.5) is 0 Å². The van der Waals surface area contributed by atoms with Crippen LogP contribution in [0, 0.1) is 12.8 Å². The molecule has 0 aliphatic carbocycles. The summed E-state index contributed by atoms with van der Waals surface area (Å²) >= 11 is 0. The molecule has 0 atom stereocenters. The maximum Gasteiger partial charge on any atom is 0.250 e. The zero-order valence-corrected chi connectivity index (χ0v) is 18.8. The molecular weight excluding hydrogens is 376 g/mol. The SMILES string of the molecule is CN=C(NCCCCn1ccccc1=O)NCc1ccc(C)cc1OCCC(C)C. The van der Waals surface area contributed by atoms with E-state index in [1.165, 1.54) is 5.56 Å². The molecule has 1 aromatic heterocycles. The van der Waals surface area contributed by atoms with Crippen molar-refractivity contribution in [2.24, 2.45) is 10.9 Å². The number of guanidine groups is 1. The molecule has 30 heavy (non-hydrogen) atoms. The second-order valence-electron chi connectivity index (χ2n) is 7.93. The zero-order chi connectivity index (χ0) is 21.8. The molecule has 1 heterocycles. The number of aryl methyl sites for hydroxylation is 2. The first-order valence-electron chi connectivity index (χ1n) is 10.8. The zero-order valence-electron chi connectivity index (χ0n) is 18.8. The molecule has 6 nitrogen and oxygen atoms in total. The molecule has 0 fully saturated rings. The minimum absolute atomic E-state index is 0.0486. The van der Waals surface area contributed by atoms with Crippen LogP contribution in [0.25, 0.3) is 0 Å². The number of unbranched alkanes of at least 4 members (excludes halogenated alkanes) is 1. The van der Waals surface area contributed by atoms with Gasteiger partial charge in [-0.05, 0) is 49.8 Å². The van der Waals surface area contributed by atoms with E-state index in [1.54, 1.807) is 23.7 Å². The van der Waals surface area contributed by atoms with Gasteiger partial charge in [0.15, 0.2) is 5.96 Å². The molecule has 2 N–H and O–H groups in total. The van der Waals surface area contributed by atoms with Gasteiger partial charge in [0.05, 0.1) is 6.61 Å². The Hall–Kier alpha value is -2.76. The predicted molar refractivity (Wildman–Crippen MR) is 124 cm³/mol. The van der Waals surface area contributed by atoms with Crippen molar-refractivity contribution in [3.63, 3.8) is 0 Å². The Balaban J connectivity index is 1.77. The van der Waals surface area contributed by atoms with Crippen LogP contribution in [0.2, 0.25) is 0 Å². The van der Waals surface area contributed by atoms with Crippen molar-refractivity contribution >= 4 is 5.96 Å². The lowest BCUT2D eigenvalue weighted by Gasteiger charge is -2.16. The minimum atomic E-state index is 0.0486. The van der Waals surface area contributed by atoms with Crippen molar-refractivity contribution in [1.29, 1.82) is 0 Å². The van der Waals surface area contributed by atoms with Gasteiger partial charge in [0.25, 0.3) is 0 Å². The third-order valence-corrected chi connectivity index (χ3v) is 4.86. The third-order valence-electron chi connectivity index (χ3n) is 4.86. The highest BCUT2D eigenvalue weighted by Gasteiger charge is 2.07. The normalized spacial score (nSPS) is 11.6. The first-order valence-corrected chi connectivity index (χ1v) is 10.8. The lowest BCUT2D eigenvalue weighted by atomic mass is 10.1. The van der Waals surface area contributed by atoms with Crippen LogP contribution in [-0.2, 0) is 13.1 Å². The first-order chi connectivity index (χ1) is 14.5. The van der Waals surface area contributed by atoms with Gasteiger partial charge in [0, 0.05) is 44.5 Å². The second kappa shape index (κ2) is 12.7. The van der Waals surface area contributed by atoms with Gasteiger partial charge >= 0.3 is 0 Å². The highest BCUT2D eigenvalue weighted by molar-refractivity contribution is 5.79. The standard InChI is InChI=1S/C24H36N4O2/c1-19(2)12-16-30-22-17-20(3)10-11-21(22)18-27-24(25-4)26-13-6-8-15-28-14-7-5-9-23(28)29/h5,7,9-11,14,17,19H,6,8,12-13,15-16,18H2,1-4H3,(H2,25,26,27). The summed E-state index contributed by atoms with van der Waals surface area (Å²) < 4.78 is 7.77. The maximum absolute atomic E-state index is 11.7. The molecule has 0 spiro atoms. The second-order valence-corrected chi connectivity index (χ2v) is 7.93. The van der Waals surface area contributed by atoms with Crippen molar-refractivity contribution in [2.45, 2.75) is 53.1 Å². The molecule has 0 saturated carbocycles. The van der Waals surface area contributed by atoms with E-state index >= 15 is 0 Å². The monoisotopic (exact) mass is 412 g/mol. The summed E-state index contributed by atoms with van der Waals surface area (Å²) in [5.41, 5.74) is 2.36. The van der Waals surface area contributed by atoms with Crippen molar-refractivity contribution in [3.05, 3.63) is 64.1 Å². The molecule has 0 aliphatic rings. The van der Waals surface area contributed by atoms with Crippen molar-refractivity contribution in [2.75, 3.05) is 20.2 Å². The van der Waals surface area contributed by atoms with Crippen molar-refractivity contribution in [3.8, 4) is 5.75 Å². The van der Waals surface area contributed by atoms with Crippen LogP contribution in [0.1, 0.15) is 44.2 Å². The molecule has 0 radical (unpaired) electrons. The van der Waals surface area contributed by atoms with Gasteiger partial charge in [-0.15, -0.1) is 0 Å². The highest BCUT2D eigenvalue weighted by atomic mass is 16.5. The fraction of sp³-hybridized carbons (Fsp3) is 0.500. The number of hydrogen-bond acceptors (Lipinski definition) is 3. The van der Waals surface area contributed by atoms with Gasteiger partial charge in [-0.25, -0.2) is 0 Å². The van der Waals surface area contributed by atoms with E-state index in [-0.39, 0.29) is 5.56 Å². The van der Waals surface area contributed by atoms with Crippen LogP contribution in [-0.4, -0.2) is 30.7 Å². The van der Waals surface area contributed by atoms with E-state index < -0.39 is 0 Å². The molecule has 0 aliphatic heterocycles. The topological polar surface area (TPSA) is 67.7 Å². The average molecular weight is 413 g/mol. The summed E-state index contributed by atoms with van der Waals surface area (Å²) in [6.07, 6.45) is 4.76. The van der Waals surface area contributed by atoms with E-state index in [0.717, 1.165) is 56.2 Å². The summed E-state index contributed by atoms with van der Waals surface area (Å²) in [6, 6.07) is 11.6. The third kappa shape index (κ3) is 8.31. The summed E-state index contributed by atoms with van der Waals surface area (Å²) in [4.78, 5) is 16.0. The number of pyridine rings is 1. The summed E-state index contributed by atoms with van der Waals surface area (Å²) in [7, 11) is 1.77. The number of nitrogens with zero attached hydrogens (tertiary/aromatic N) is 2.